The van der Waals surface area contributed by atoms with Gasteiger partial charge in [-0.3, -0.25) is 5.32 Å². The van der Waals surface area contributed by atoms with Gasteiger partial charge in [-0.2, -0.15) is 0 Å². The van der Waals surface area contributed by atoms with Crippen molar-refractivity contribution >= 4 is 11.8 Å². The maximum absolute atomic E-state index is 12.2. The first-order valence-electron chi connectivity index (χ1n) is 8.43. The maximum Gasteiger partial charge on any atom is 0.417 e. The third-order valence-corrected chi connectivity index (χ3v) is 3.76. The highest BCUT2D eigenvalue weighted by molar-refractivity contribution is 5.86. The second kappa shape index (κ2) is 9.59. The fourth-order valence-electron chi connectivity index (χ4n) is 2.48. The Hall–Kier alpha value is -3.05. The standard InChI is InChI=1S/C21H20N2O3.ClH/c1-15(2)19-7-3-4-8-20(19)26-21(24)23-16-9-11-17(12-10-16)25-18-6-5-13-22-14-18;/h3-15H,1-2H3,(H,23,24);1H. The molecular formula is C21H21ClN2O3. The fourth-order valence-corrected chi connectivity index (χ4v) is 2.48. The summed E-state index contributed by atoms with van der Waals surface area (Å²) in [5.74, 6) is 2.22. The Labute approximate surface area is 164 Å². The Kier molecular flexibility index (Phi) is 7.20. The predicted octanol–water partition coefficient (Wildman–Crippen LogP) is 2.03. The molecule has 0 unspecified atom stereocenters. The highest BCUT2D eigenvalue weighted by Gasteiger charge is 2.11. The van der Waals surface area contributed by atoms with Crippen molar-refractivity contribution in [3.63, 3.8) is 0 Å². The molecule has 1 amide bonds. The highest BCUT2D eigenvalue weighted by atomic mass is 35.5. The number of carbonyl (C=O) groups excluding carboxylic acids is 1. The molecule has 27 heavy (non-hydrogen) atoms. The van der Waals surface area contributed by atoms with Gasteiger partial charge in [-0.05, 0) is 47.9 Å². The van der Waals surface area contributed by atoms with E-state index < -0.39 is 6.09 Å². The Morgan fingerprint density at radius 3 is 2.37 bits per heavy atom. The topological polar surface area (TPSA) is 61.7 Å². The van der Waals surface area contributed by atoms with Gasteiger partial charge in [-0.25, -0.2) is 9.78 Å². The highest BCUT2D eigenvalue weighted by Crippen LogP contribution is 2.26. The summed E-state index contributed by atoms with van der Waals surface area (Å²) in [5.41, 5.74) is 1.62. The summed E-state index contributed by atoms with van der Waals surface area (Å²) < 4.78 is 11.2. The van der Waals surface area contributed by atoms with Gasteiger partial charge >= 0.3 is 6.09 Å². The number of halogens is 1. The molecule has 5 nitrogen and oxygen atoms in total. The maximum atomic E-state index is 12.2. The summed E-state index contributed by atoms with van der Waals surface area (Å²) in [4.78, 5) is 15.1. The number of ether oxygens (including phenoxy) is 2. The van der Waals surface area contributed by atoms with Crippen molar-refractivity contribution in [2.24, 2.45) is 0 Å². The predicted molar refractivity (Wildman–Crippen MR) is 99.7 cm³/mol. The monoisotopic (exact) mass is 384 g/mol. The molecule has 0 aliphatic heterocycles. The molecule has 0 saturated heterocycles. The number of para-hydroxylation sites is 1. The Balaban J connectivity index is 0.00000261. The number of pyridine rings is 1. The molecular weight excluding hydrogens is 364 g/mol. The summed E-state index contributed by atoms with van der Waals surface area (Å²) in [6.07, 6.45) is 3.04. The second-order valence-corrected chi connectivity index (χ2v) is 6.07. The zero-order valence-corrected chi connectivity index (χ0v) is 15.9. The van der Waals surface area contributed by atoms with Gasteiger partial charge in [0.05, 0.1) is 0 Å². The van der Waals surface area contributed by atoms with Crippen LogP contribution < -0.4 is 32.2 Å². The van der Waals surface area contributed by atoms with Crippen LogP contribution in [0, 0.1) is 0 Å². The average Bonchev–Trinajstić information content (AvgIpc) is 2.64. The van der Waals surface area contributed by atoms with Crippen LogP contribution in [0.15, 0.2) is 73.1 Å². The van der Waals surface area contributed by atoms with Gasteiger partial charge in [0.1, 0.15) is 11.5 Å². The summed E-state index contributed by atoms with van der Waals surface area (Å²) in [5, 5.41) is 2.72. The number of amides is 1. The summed E-state index contributed by atoms with van der Waals surface area (Å²) in [6, 6.07) is 18.3. The molecule has 3 aromatic rings. The van der Waals surface area contributed by atoms with Crippen molar-refractivity contribution in [3.8, 4) is 17.2 Å². The van der Waals surface area contributed by atoms with Gasteiger partial charge in [0.15, 0.2) is 11.9 Å². The van der Waals surface area contributed by atoms with Crippen LogP contribution >= 0.6 is 0 Å². The van der Waals surface area contributed by atoms with E-state index in [1.54, 1.807) is 36.5 Å². The van der Waals surface area contributed by atoms with Crippen molar-refractivity contribution < 1.29 is 31.7 Å². The smallest absolute Gasteiger partial charge is 0.417 e. The van der Waals surface area contributed by atoms with Crippen molar-refractivity contribution in [2.75, 3.05) is 5.32 Å². The molecule has 0 saturated carbocycles. The Bertz CT molecular complexity index is 868. The van der Waals surface area contributed by atoms with Gasteiger partial charge in [-0.1, -0.05) is 32.0 Å². The van der Waals surface area contributed by atoms with Crippen LogP contribution in [0.3, 0.4) is 0 Å². The van der Waals surface area contributed by atoms with E-state index in [-0.39, 0.29) is 18.3 Å². The molecule has 140 valence electrons. The number of hydrogen-bond acceptors (Lipinski definition) is 3. The quantitative estimate of drug-likeness (QED) is 0.732. The summed E-state index contributed by atoms with van der Waals surface area (Å²) in [6.45, 7) is 4.12. The average molecular weight is 385 g/mol. The number of nitrogens with one attached hydrogen (secondary N) is 2. The van der Waals surface area contributed by atoms with Crippen LogP contribution in [-0.2, 0) is 0 Å². The first kappa shape index (κ1) is 20.3. The molecule has 1 aromatic heterocycles. The molecule has 1 heterocycles. The fraction of sp³-hybridized carbons (Fsp3) is 0.143. The minimum Gasteiger partial charge on any atom is -1.00 e. The molecule has 3 rings (SSSR count). The molecule has 2 aromatic carbocycles. The number of benzene rings is 2. The van der Waals surface area contributed by atoms with Crippen molar-refractivity contribution in [3.05, 3.63) is 78.6 Å². The zero-order valence-electron chi connectivity index (χ0n) is 15.1. The number of H-pyrrole nitrogens is 1. The van der Waals surface area contributed by atoms with E-state index in [9.17, 15) is 4.79 Å². The molecule has 0 atom stereocenters. The largest absolute Gasteiger partial charge is 1.00 e. The lowest BCUT2D eigenvalue weighted by atomic mass is 10.0. The Morgan fingerprint density at radius 2 is 1.70 bits per heavy atom. The van der Waals surface area contributed by atoms with Gasteiger partial charge < -0.3 is 21.9 Å². The number of hydrogen-bond donors (Lipinski definition) is 1. The van der Waals surface area contributed by atoms with Crippen LogP contribution in [0.25, 0.3) is 0 Å². The van der Waals surface area contributed by atoms with Crippen LogP contribution in [0.4, 0.5) is 10.5 Å². The van der Waals surface area contributed by atoms with E-state index in [4.69, 9.17) is 9.47 Å². The number of carbonyl (C=O) groups is 1. The zero-order chi connectivity index (χ0) is 18.4. The van der Waals surface area contributed by atoms with Crippen molar-refractivity contribution in [1.29, 1.82) is 0 Å². The molecule has 0 spiro atoms. The number of anilines is 1. The lowest BCUT2D eigenvalue weighted by molar-refractivity contribution is -0.378. The molecule has 6 heteroatoms. The minimum absolute atomic E-state index is 0. The summed E-state index contributed by atoms with van der Waals surface area (Å²) in [7, 11) is 0. The normalized spacial score (nSPS) is 10.0. The lowest BCUT2D eigenvalue weighted by Gasteiger charge is -2.13. The molecule has 0 bridgehead atoms. The van der Waals surface area contributed by atoms with Crippen molar-refractivity contribution in [1.82, 2.24) is 0 Å². The van der Waals surface area contributed by atoms with Gasteiger partial charge in [-0.15, -0.1) is 0 Å². The first-order chi connectivity index (χ1) is 12.6. The Morgan fingerprint density at radius 1 is 0.963 bits per heavy atom. The van der Waals surface area contributed by atoms with E-state index in [2.05, 4.69) is 24.1 Å². The lowest BCUT2D eigenvalue weighted by Crippen LogP contribution is -3.00. The molecule has 0 radical (unpaired) electrons. The molecule has 2 N–H and O–H groups in total. The van der Waals surface area contributed by atoms with Crippen LogP contribution in [0.5, 0.6) is 17.2 Å². The van der Waals surface area contributed by atoms with E-state index in [0.29, 0.717) is 22.9 Å². The van der Waals surface area contributed by atoms with E-state index in [1.165, 1.54) is 0 Å². The molecule has 0 aliphatic rings. The summed E-state index contributed by atoms with van der Waals surface area (Å²) >= 11 is 0. The van der Waals surface area contributed by atoms with Gasteiger partial charge in [0.2, 0.25) is 6.20 Å². The van der Waals surface area contributed by atoms with E-state index in [0.717, 1.165) is 5.56 Å². The number of aromatic nitrogens is 1. The van der Waals surface area contributed by atoms with E-state index >= 15 is 0 Å². The first-order valence-corrected chi connectivity index (χ1v) is 8.43. The van der Waals surface area contributed by atoms with Crippen LogP contribution in [0.2, 0.25) is 0 Å². The third kappa shape index (κ3) is 5.72. The number of rotatable bonds is 5. The van der Waals surface area contributed by atoms with Gasteiger partial charge in [0, 0.05) is 11.8 Å². The molecule has 0 aliphatic carbocycles. The van der Waals surface area contributed by atoms with E-state index in [1.807, 2.05) is 36.5 Å². The van der Waals surface area contributed by atoms with Crippen LogP contribution in [0.1, 0.15) is 25.3 Å². The van der Waals surface area contributed by atoms with Crippen molar-refractivity contribution in [2.45, 2.75) is 19.8 Å². The van der Waals surface area contributed by atoms with Gasteiger partial charge in [0.25, 0.3) is 0 Å². The van der Waals surface area contributed by atoms with Crippen LogP contribution in [-0.4, -0.2) is 6.09 Å². The molecule has 0 fully saturated rings. The second-order valence-electron chi connectivity index (χ2n) is 6.07. The minimum atomic E-state index is -0.524. The SMILES string of the molecule is CC(C)c1ccccc1OC(=O)Nc1ccc(Oc2ccc[nH+]c2)cc1.[Cl-]. The number of aromatic amines is 1. The third-order valence-electron chi connectivity index (χ3n) is 3.76.